The number of piperidine rings is 1. The molecule has 1 fully saturated rings. The standard InChI is InChI=1S/C26H31ClN4O5S/c1-26(2,3)36-25(33)30-12-7-8-17(16-30)11-13-31-22-18(15-28-24(29-22)37(4,34)35)14-20(23(31)32)19-9-5-6-10-21(19)27/h5-6,9-10,14-15,17H,7-8,11-13,16H2,1-4H3. The average molecular weight is 547 g/mol. The Bertz CT molecular complexity index is 1500. The summed E-state index contributed by atoms with van der Waals surface area (Å²) in [5.74, 6) is 0.142. The highest BCUT2D eigenvalue weighted by Gasteiger charge is 2.28. The second-order valence-electron chi connectivity index (χ2n) is 10.4. The number of pyridine rings is 1. The zero-order chi connectivity index (χ0) is 27.0. The van der Waals surface area contributed by atoms with Gasteiger partial charge in [-0.05, 0) is 58.1 Å². The minimum atomic E-state index is -3.68. The average Bonchev–Trinajstić information content (AvgIpc) is 2.82. The van der Waals surface area contributed by atoms with E-state index >= 15 is 0 Å². The lowest BCUT2D eigenvalue weighted by Crippen LogP contribution is -2.43. The fourth-order valence-corrected chi connectivity index (χ4v) is 5.24. The number of aromatic nitrogens is 3. The van der Waals surface area contributed by atoms with E-state index < -0.39 is 15.4 Å². The van der Waals surface area contributed by atoms with Gasteiger partial charge in [0.05, 0.1) is 0 Å². The van der Waals surface area contributed by atoms with Crippen LogP contribution >= 0.6 is 11.6 Å². The number of hydrogen-bond donors (Lipinski definition) is 0. The normalized spacial score (nSPS) is 16.7. The lowest BCUT2D eigenvalue weighted by atomic mass is 9.95. The van der Waals surface area contributed by atoms with Gasteiger partial charge in [0.2, 0.25) is 15.0 Å². The molecule has 0 spiro atoms. The van der Waals surface area contributed by atoms with Gasteiger partial charge >= 0.3 is 6.09 Å². The first-order chi connectivity index (χ1) is 17.3. The number of fused-ring (bicyclic) bond motifs is 1. The van der Waals surface area contributed by atoms with Crippen LogP contribution in [0.3, 0.4) is 0 Å². The van der Waals surface area contributed by atoms with Crippen molar-refractivity contribution in [2.45, 2.75) is 57.3 Å². The Morgan fingerprint density at radius 1 is 1.22 bits per heavy atom. The van der Waals surface area contributed by atoms with Gasteiger partial charge in [-0.25, -0.2) is 18.2 Å². The van der Waals surface area contributed by atoms with E-state index in [9.17, 15) is 18.0 Å². The smallest absolute Gasteiger partial charge is 0.410 e. The van der Waals surface area contributed by atoms with Gasteiger partial charge in [0.1, 0.15) is 11.2 Å². The molecule has 1 saturated heterocycles. The van der Waals surface area contributed by atoms with Crippen LogP contribution in [-0.4, -0.2) is 58.9 Å². The fraction of sp³-hybridized carbons (Fsp3) is 0.462. The van der Waals surface area contributed by atoms with Gasteiger partial charge in [0.15, 0.2) is 0 Å². The van der Waals surface area contributed by atoms with Gasteiger partial charge in [-0.2, -0.15) is 4.98 Å². The van der Waals surface area contributed by atoms with Crippen molar-refractivity contribution >= 4 is 38.6 Å². The minimum Gasteiger partial charge on any atom is -0.444 e. The number of likely N-dealkylation sites (tertiary alicyclic amines) is 1. The number of carbonyl (C=O) groups is 1. The van der Waals surface area contributed by atoms with Crippen LogP contribution in [0.1, 0.15) is 40.0 Å². The molecule has 3 aromatic rings. The molecular formula is C26H31ClN4O5S. The van der Waals surface area contributed by atoms with Crippen LogP contribution in [0.4, 0.5) is 4.79 Å². The van der Waals surface area contributed by atoms with Crippen molar-refractivity contribution < 1.29 is 17.9 Å². The number of aryl methyl sites for hydroxylation is 1. The number of carbonyl (C=O) groups excluding carboxylic acids is 1. The molecular weight excluding hydrogens is 516 g/mol. The third-order valence-corrected chi connectivity index (χ3v) is 7.42. The van der Waals surface area contributed by atoms with Crippen molar-refractivity contribution in [3.05, 3.63) is 51.9 Å². The van der Waals surface area contributed by atoms with Crippen molar-refractivity contribution in [1.82, 2.24) is 19.4 Å². The highest BCUT2D eigenvalue weighted by atomic mass is 35.5. The first-order valence-corrected chi connectivity index (χ1v) is 14.4. The molecule has 2 aromatic heterocycles. The largest absolute Gasteiger partial charge is 0.444 e. The lowest BCUT2D eigenvalue weighted by Gasteiger charge is -2.34. The van der Waals surface area contributed by atoms with Crippen LogP contribution in [0.15, 0.2) is 46.5 Å². The first kappa shape index (κ1) is 27.1. The monoisotopic (exact) mass is 546 g/mol. The quantitative estimate of drug-likeness (QED) is 0.431. The van der Waals surface area contributed by atoms with E-state index in [2.05, 4.69) is 9.97 Å². The van der Waals surface area contributed by atoms with E-state index in [1.165, 1.54) is 10.8 Å². The molecule has 1 amide bonds. The second-order valence-corrected chi connectivity index (χ2v) is 12.7. The summed E-state index contributed by atoms with van der Waals surface area (Å²) in [6.07, 6.45) is 4.44. The van der Waals surface area contributed by atoms with Gasteiger partial charge < -0.3 is 9.64 Å². The minimum absolute atomic E-state index is 0.142. The Kier molecular flexibility index (Phi) is 7.62. The predicted octanol–water partition coefficient (Wildman–Crippen LogP) is 4.55. The highest BCUT2D eigenvalue weighted by Crippen LogP contribution is 2.28. The Morgan fingerprint density at radius 3 is 2.62 bits per heavy atom. The van der Waals surface area contributed by atoms with E-state index in [1.807, 2.05) is 20.8 Å². The number of sulfone groups is 1. The molecule has 0 saturated carbocycles. The van der Waals surface area contributed by atoms with Gasteiger partial charge in [-0.1, -0.05) is 29.8 Å². The zero-order valence-electron chi connectivity index (χ0n) is 21.4. The molecule has 1 aromatic carbocycles. The predicted molar refractivity (Wildman–Crippen MR) is 143 cm³/mol. The number of ether oxygens (including phenoxy) is 1. The maximum absolute atomic E-state index is 13.7. The van der Waals surface area contributed by atoms with Crippen molar-refractivity contribution in [3.63, 3.8) is 0 Å². The molecule has 198 valence electrons. The van der Waals surface area contributed by atoms with Gasteiger partial charge in [0.25, 0.3) is 5.56 Å². The van der Waals surface area contributed by atoms with Crippen LogP contribution in [0, 0.1) is 5.92 Å². The van der Waals surface area contributed by atoms with Crippen LogP contribution in [0.2, 0.25) is 5.02 Å². The van der Waals surface area contributed by atoms with Crippen LogP contribution in [-0.2, 0) is 21.1 Å². The molecule has 1 unspecified atom stereocenters. The van der Waals surface area contributed by atoms with Crippen molar-refractivity contribution in [3.8, 4) is 11.1 Å². The third kappa shape index (κ3) is 6.30. The number of halogens is 1. The second kappa shape index (κ2) is 10.4. The Hall–Kier alpha value is -2.98. The number of amides is 1. The van der Waals surface area contributed by atoms with E-state index in [1.54, 1.807) is 35.2 Å². The van der Waals surface area contributed by atoms with Crippen LogP contribution in [0.25, 0.3) is 22.2 Å². The Balaban J connectivity index is 1.70. The molecule has 4 rings (SSSR count). The molecule has 0 N–H and O–H groups in total. The van der Waals surface area contributed by atoms with Crippen molar-refractivity contribution in [2.75, 3.05) is 19.3 Å². The molecule has 1 atom stereocenters. The fourth-order valence-electron chi connectivity index (χ4n) is 4.51. The lowest BCUT2D eigenvalue weighted by molar-refractivity contribution is 0.0159. The van der Waals surface area contributed by atoms with Gasteiger partial charge in [-0.15, -0.1) is 0 Å². The van der Waals surface area contributed by atoms with E-state index in [0.717, 1.165) is 19.1 Å². The maximum atomic E-state index is 13.7. The summed E-state index contributed by atoms with van der Waals surface area (Å²) in [6, 6.07) is 8.70. The summed E-state index contributed by atoms with van der Waals surface area (Å²) in [5, 5.41) is 0.618. The SMILES string of the molecule is CC(C)(C)OC(=O)N1CCCC(CCn2c(=O)c(-c3ccccc3Cl)cc3cnc(S(C)(=O)=O)nc32)C1. The van der Waals surface area contributed by atoms with E-state index in [-0.39, 0.29) is 28.4 Å². The van der Waals surface area contributed by atoms with Crippen molar-refractivity contribution in [2.24, 2.45) is 5.92 Å². The topological polar surface area (TPSA) is 111 Å². The molecule has 0 bridgehead atoms. The summed E-state index contributed by atoms with van der Waals surface area (Å²) >= 11 is 6.40. The van der Waals surface area contributed by atoms with Gasteiger partial charge in [0, 0.05) is 53.6 Å². The summed E-state index contributed by atoms with van der Waals surface area (Å²) < 4.78 is 31.3. The molecule has 1 aliphatic heterocycles. The van der Waals surface area contributed by atoms with E-state index in [4.69, 9.17) is 16.3 Å². The maximum Gasteiger partial charge on any atom is 0.410 e. The first-order valence-electron chi connectivity index (χ1n) is 12.2. The summed E-state index contributed by atoms with van der Waals surface area (Å²) in [7, 11) is -3.68. The molecule has 0 aliphatic carbocycles. The zero-order valence-corrected chi connectivity index (χ0v) is 23.0. The Labute approximate surface area is 221 Å². The summed E-state index contributed by atoms with van der Waals surface area (Å²) in [4.78, 5) is 36.3. The van der Waals surface area contributed by atoms with Crippen LogP contribution < -0.4 is 5.56 Å². The number of hydrogen-bond acceptors (Lipinski definition) is 7. The molecule has 3 heterocycles. The molecule has 9 nitrogen and oxygen atoms in total. The van der Waals surface area contributed by atoms with Crippen molar-refractivity contribution in [1.29, 1.82) is 0 Å². The molecule has 11 heteroatoms. The number of rotatable bonds is 5. The summed E-state index contributed by atoms with van der Waals surface area (Å²) in [6.45, 7) is 6.95. The highest BCUT2D eigenvalue weighted by molar-refractivity contribution is 7.90. The molecule has 0 radical (unpaired) electrons. The number of benzene rings is 1. The third-order valence-electron chi connectivity index (χ3n) is 6.23. The van der Waals surface area contributed by atoms with E-state index in [0.29, 0.717) is 47.6 Å². The number of nitrogens with zero attached hydrogens (tertiary/aromatic N) is 4. The van der Waals surface area contributed by atoms with Crippen LogP contribution in [0.5, 0.6) is 0 Å². The van der Waals surface area contributed by atoms with Gasteiger partial charge in [-0.3, -0.25) is 9.36 Å². The molecule has 1 aliphatic rings. The molecule has 37 heavy (non-hydrogen) atoms. The Morgan fingerprint density at radius 2 is 1.95 bits per heavy atom. The summed E-state index contributed by atoms with van der Waals surface area (Å²) in [5.41, 5.74) is 0.306.